The monoisotopic (exact) mass is 219 g/mol. The van der Waals surface area contributed by atoms with E-state index in [4.69, 9.17) is 0 Å². The van der Waals surface area contributed by atoms with Crippen molar-refractivity contribution in [2.45, 2.75) is 32.7 Å². The van der Waals surface area contributed by atoms with Crippen LogP contribution in [0.3, 0.4) is 0 Å². The maximum absolute atomic E-state index is 4.49. The van der Waals surface area contributed by atoms with Gasteiger partial charge in [-0.3, -0.25) is 0 Å². The summed E-state index contributed by atoms with van der Waals surface area (Å²) in [4.78, 5) is 6.90. The minimum atomic E-state index is 0.625. The standard InChI is InChI=1S/C13H21N3/c1-3-14-12-7-5-9-16(10-12)13-11(2)6-4-8-15-13/h4,6,8,12,14H,3,5,7,9-10H2,1-2H3. The number of likely N-dealkylation sites (N-methyl/N-ethyl adjacent to an activating group) is 1. The number of rotatable bonds is 3. The summed E-state index contributed by atoms with van der Waals surface area (Å²) in [6, 6.07) is 4.77. The first-order chi connectivity index (χ1) is 7.81. The van der Waals surface area contributed by atoms with Crippen LogP contribution in [0, 0.1) is 6.92 Å². The van der Waals surface area contributed by atoms with Crippen LogP contribution in [0.2, 0.25) is 0 Å². The van der Waals surface area contributed by atoms with Crippen LogP contribution in [0.1, 0.15) is 25.3 Å². The van der Waals surface area contributed by atoms with Gasteiger partial charge >= 0.3 is 0 Å². The Bertz CT molecular complexity index is 336. The highest BCUT2D eigenvalue weighted by Crippen LogP contribution is 2.20. The second-order valence-corrected chi connectivity index (χ2v) is 4.49. The van der Waals surface area contributed by atoms with E-state index in [1.54, 1.807) is 0 Å². The lowest BCUT2D eigenvalue weighted by molar-refractivity contribution is 0.429. The first kappa shape index (κ1) is 11.4. The number of anilines is 1. The lowest BCUT2D eigenvalue weighted by Crippen LogP contribution is -2.46. The fraction of sp³-hybridized carbons (Fsp3) is 0.615. The van der Waals surface area contributed by atoms with Gasteiger partial charge in [0.15, 0.2) is 0 Å². The predicted molar refractivity (Wildman–Crippen MR) is 67.9 cm³/mol. The van der Waals surface area contributed by atoms with E-state index in [0.717, 1.165) is 25.5 Å². The maximum atomic E-state index is 4.49. The van der Waals surface area contributed by atoms with Crippen LogP contribution < -0.4 is 10.2 Å². The van der Waals surface area contributed by atoms with Crippen LogP contribution in [0.4, 0.5) is 5.82 Å². The third kappa shape index (κ3) is 2.53. The molecule has 2 heterocycles. The maximum Gasteiger partial charge on any atom is 0.131 e. The van der Waals surface area contributed by atoms with Crippen LogP contribution in [-0.2, 0) is 0 Å². The van der Waals surface area contributed by atoms with Crippen LogP contribution in [0.25, 0.3) is 0 Å². The molecule has 1 fully saturated rings. The Hall–Kier alpha value is -1.09. The smallest absolute Gasteiger partial charge is 0.131 e. The molecular weight excluding hydrogens is 198 g/mol. The zero-order valence-electron chi connectivity index (χ0n) is 10.2. The second kappa shape index (κ2) is 5.30. The average Bonchev–Trinajstić information content (AvgIpc) is 2.30. The highest BCUT2D eigenvalue weighted by molar-refractivity contribution is 5.46. The lowest BCUT2D eigenvalue weighted by Gasteiger charge is -2.34. The van der Waals surface area contributed by atoms with Crippen molar-refractivity contribution < 1.29 is 0 Å². The molecule has 0 bridgehead atoms. The molecule has 1 N–H and O–H groups in total. The molecule has 2 rings (SSSR count). The molecule has 0 saturated carbocycles. The van der Waals surface area contributed by atoms with Crippen molar-refractivity contribution in [1.29, 1.82) is 0 Å². The Balaban J connectivity index is 2.07. The van der Waals surface area contributed by atoms with Gasteiger partial charge in [-0.05, 0) is 37.9 Å². The van der Waals surface area contributed by atoms with Crippen molar-refractivity contribution >= 4 is 5.82 Å². The number of aromatic nitrogens is 1. The fourth-order valence-corrected chi connectivity index (χ4v) is 2.43. The van der Waals surface area contributed by atoms with Crippen molar-refractivity contribution in [2.75, 3.05) is 24.5 Å². The topological polar surface area (TPSA) is 28.2 Å². The van der Waals surface area contributed by atoms with E-state index in [1.165, 1.54) is 18.4 Å². The Morgan fingerprint density at radius 3 is 3.19 bits per heavy atom. The highest BCUT2D eigenvalue weighted by Gasteiger charge is 2.20. The number of nitrogens with one attached hydrogen (secondary N) is 1. The normalized spacial score (nSPS) is 21.1. The van der Waals surface area contributed by atoms with Gasteiger partial charge in [0.25, 0.3) is 0 Å². The molecule has 0 amide bonds. The van der Waals surface area contributed by atoms with E-state index in [0.29, 0.717) is 6.04 Å². The van der Waals surface area contributed by atoms with Crippen molar-refractivity contribution in [3.8, 4) is 0 Å². The number of piperidine rings is 1. The van der Waals surface area contributed by atoms with Gasteiger partial charge in [0.05, 0.1) is 0 Å². The molecule has 1 unspecified atom stereocenters. The van der Waals surface area contributed by atoms with Gasteiger partial charge in [-0.15, -0.1) is 0 Å². The predicted octanol–water partition coefficient (Wildman–Crippen LogP) is 1.97. The molecule has 3 nitrogen and oxygen atoms in total. The Labute approximate surface area is 97.9 Å². The molecule has 16 heavy (non-hydrogen) atoms. The van der Waals surface area contributed by atoms with Gasteiger partial charge in [-0.2, -0.15) is 0 Å². The number of nitrogens with zero attached hydrogens (tertiary/aromatic N) is 2. The molecule has 0 spiro atoms. The number of pyridine rings is 1. The van der Waals surface area contributed by atoms with Crippen molar-refractivity contribution in [3.63, 3.8) is 0 Å². The average molecular weight is 219 g/mol. The Morgan fingerprint density at radius 1 is 1.56 bits per heavy atom. The Kier molecular flexibility index (Phi) is 3.78. The molecule has 0 aliphatic carbocycles. The summed E-state index contributed by atoms with van der Waals surface area (Å²) in [5.74, 6) is 1.16. The van der Waals surface area contributed by atoms with Crippen molar-refractivity contribution in [1.82, 2.24) is 10.3 Å². The molecular formula is C13H21N3. The third-order valence-electron chi connectivity index (χ3n) is 3.20. The molecule has 1 aliphatic rings. The highest BCUT2D eigenvalue weighted by atomic mass is 15.2. The zero-order valence-corrected chi connectivity index (χ0v) is 10.2. The van der Waals surface area contributed by atoms with Crippen molar-refractivity contribution in [2.24, 2.45) is 0 Å². The molecule has 1 atom stereocenters. The number of hydrogen-bond acceptors (Lipinski definition) is 3. The largest absolute Gasteiger partial charge is 0.355 e. The summed E-state index contributed by atoms with van der Waals surface area (Å²) in [6.07, 6.45) is 4.43. The van der Waals surface area contributed by atoms with Gasteiger partial charge in [-0.1, -0.05) is 13.0 Å². The fourth-order valence-electron chi connectivity index (χ4n) is 2.43. The molecule has 0 radical (unpaired) electrons. The van der Waals surface area contributed by atoms with E-state index in [-0.39, 0.29) is 0 Å². The van der Waals surface area contributed by atoms with Gasteiger partial charge in [0.1, 0.15) is 5.82 Å². The summed E-state index contributed by atoms with van der Waals surface area (Å²) in [7, 11) is 0. The second-order valence-electron chi connectivity index (χ2n) is 4.49. The van der Waals surface area contributed by atoms with Gasteiger partial charge in [0, 0.05) is 25.3 Å². The lowest BCUT2D eigenvalue weighted by atomic mass is 10.1. The van der Waals surface area contributed by atoms with E-state index in [2.05, 4.69) is 35.1 Å². The molecule has 1 saturated heterocycles. The first-order valence-corrected chi connectivity index (χ1v) is 6.21. The first-order valence-electron chi connectivity index (χ1n) is 6.21. The van der Waals surface area contributed by atoms with Crippen LogP contribution in [-0.4, -0.2) is 30.7 Å². The summed E-state index contributed by atoms with van der Waals surface area (Å²) < 4.78 is 0. The van der Waals surface area contributed by atoms with Crippen molar-refractivity contribution in [3.05, 3.63) is 23.9 Å². The zero-order chi connectivity index (χ0) is 11.4. The van der Waals surface area contributed by atoms with Crippen LogP contribution >= 0.6 is 0 Å². The van der Waals surface area contributed by atoms with Gasteiger partial charge in [-0.25, -0.2) is 4.98 Å². The summed E-state index contributed by atoms with van der Waals surface area (Å²) in [5, 5.41) is 3.53. The third-order valence-corrected chi connectivity index (χ3v) is 3.20. The van der Waals surface area contributed by atoms with E-state index in [9.17, 15) is 0 Å². The number of hydrogen-bond donors (Lipinski definition) is 1. The minimum Gasteiger partial charge on any atom is -0.355 e. The quantitative estimate of drug-likeness (QED) is 0.842. The molecule has 1 aromatic rings. The molecule has 1 aromatic heterocycles. The Morgan fingerprint density at radius 2 is 2.44 bits per heavy atom. The van der Waals surface area contributed by atoms with Crippen LogP contribution in [0.5, 0.6) is 0 Å². The molecule has 0 aromatic carbocycles. The molecule has 1 aliphatic heterocycles. The van der Waals surface area contributed by atoms with E-state index >= 15 is 0 Å². The molecule has 3 heteroatoms. The van der Waals surface area contributed by atoms with Crippen LogP contribution in [0.15, 0.2) is 18.3 Å². The summed E-state index contributed by atoms with van der Waals surface area (Å²) in [5.41, 5.74) is 1.28. The van der Waals surface area contributed by atoms with E-state index < -0.39 is 0 Å². The molecule has 88 valence electrons. The van der Waals surface area contributed by atoms with Gasteiger partial charge < -0.3 is 10.2 Å². The minimum absolute atomic E-state index is 0.625. The number of aryl methyl sites for hydroxylation is 1. The summed E-state index contributed by atoms with van der Waals surface area (Å²) >= 11 is 0. The van der Waals surface area contributed by atoms with E-state index in [1.807, 2.05) is 12.3 Å². The SMILES string of the molecule is CCNC1CCCN(c2ncccc2C)C1. The van der Waals surface area contributed by atoms with Gasteiger partial charge in [0.2, 0.25) is 0 Å². The summed E-state index contributed by atoms with van der Waals surface area (Å²) in [6.45, 7) is 7.59.